The molecule has 0 bridgehead atoms. The molecule has 0 unspecified atom stereocenters. The largest absolute Gasteiger partial charge is 0.495 e. The van der Waals surface area contributed by atoms with E-state index in [-0.39, 0.29) is 5.97 Å². The Kier molecular flexibility index (Phi) is 7.41. The molecule has 0 amide bonds. The van der Waals surface area contributed by atoms with Gasteiger partial charge in [-0.05, 0) is 36.2 Å². The van der Waals surface area contributed by atoms with E-state index in [2.05, 4.69) is 15.9 Å². The fourth-order valence-corrected chi connectivity index (χ4v) is 3.81. The highest BCUT2D eigenvalue weighted by Gasteiger charge is 2.21. The first-order valence-electron chi connectivity index (χ1n) is 10.0. The van der Waals surface area contributed by atoms with Gasteiger partial charge in [-0.1, -0.05) is 12.1 Å². The van der Waals surface area contributed by atoms with E-state index in [0.717, 1.165) is 56.1 Å². The number of rotatable bonds is 8. The van der Waals surface area contributed by atoms with Crippen LogP contribution in [0, 0.1) is 0 Å². The van der Waals surface area contributed by atoms with Crippen LogP contribution < -0.4 is 19.1 Å². The van der Waals surface area contributed by atoms with Crippen LogP contribution in [0.1, 0.15) is 15.9 Å². The molecule has 3 rings (SSSR count). The second kappa shape index (κ2) is 10.2. The van der Waals surface area contributed by atoms with Crippen molar-refractivity contribution in [1.29, 1.82) is 0 Å². The normalized spacial score (nSPS) is 14.3. The van der Waals surface area contributed by atoms with Gasteiger partial charge in [-0.25, -0.2) is 4.79 Å². The average molecular weight is 415 g/mol. The molecule has 7 heteroatoms. The van der Waals surface area contributed by atoms with Crippen molar-refractivity contribution in [3.63, 3.8) is 0 Å². The van der Waals surface area contributed by atoms with Crippen molar-refractivity contribution >= 4 is 11.7 Å². The molecule has 1 heterocycles. The SMILES string of the molecule is COC(=O)c1cc(OC)c(OC)cc1CCN1CCN(c2ccccc2OC)CC1. The second-order valence-electron chi connectivity index (χ2n) is 7.11. The summed E-state index contributed by atoms with van der Waals surface area (Å²) in [6.07, 6.45) is 0.722. The number of ether oxygens (including phenoxy) is 4. The summed E-state index contributed by atoms with van der Waals surface area (Å²) in [7, 11) is 6.24. The second-order valence-corrected chi connectivity index (χ2v) is 7.11. The van der Waals surface area contributed by atoms with E-state index in [1.165, 1.54) is 7.11 Å². The quantitative estimate of drug-likeness (QED) is 0.616. The van der Waals surface area contributed by atoms with Crippen molar-refractivity contribution in [2.45, 2.75) is 6.42 Å². The molecule has 30 heavy (non-hydrogen) atoms. The predicted molar refractivity (Wildman–Crippen MR) is 116 cm³/mol. The van der Waals surface area contributed by atoms with Gasteiger partial charge in [0.25, 0.3) is 0 Å². The van der Waals surface area contributed by atoms with Crippen LogP contribution in [0.4, 0.5) is 5.69 Å². The average Bonchev–Trinajstić information content (AvgIpc) is 2.81. The number of para-hydroxylation sites is 2. The third-order valence-corrected chi connectivity index (χ3v) is 5.51. The molecule has 0 saturated carbocycles. The van der Waals surface area contributed by atoms with Crippen LogP contribution in [-0.2, 0) is 11.2 Å². The van der Waals surface area contributed by atoms with Gasteiger partial charge >= 0.3 is 5.97 Å². The molecular formula is C23H30N2O5. The molecule has 1 aliphatic heterocycles. The van der Waals surface area contributed by atoms with Gasteiger partial charge in [-0.15, -0.1) is 0 Å². The van der Waals surface area contributed by atoms with E-state index in [4.69, 9.17) is 18.9 Å². The van der Waals surface area contributed by atoms with Gasteiger partial charge in [0.2, 0.25) is 0 Å². The molecule has 0 spiro atoms. The summed E-state index contributed by atoms with van der Waals surface area (Å²) in [6, 6.07) is 11.7. The Hall–Kier alpha value is -2.93. The highest BCUT2D eigenvalue weighted by molar-refractivity contribution is 5.92. The molecule has 162 valence electrons. The van der Waals surface area contributed by atoms with Gasteiger partial charge in [0.05, 0.1) is 39.7 Å². The molecule has 0 radical (unpaired) electrons. The van der Waals surface area contributed by atoms with Crippen molar-refractivity contribution in [2.24, 2.45) is 0 Å². The Balaban J connectivity index is 1.66. The molecule has 0 N–H and O–H groups in total. The van der Waals surface area contributed by atoms with Gasteiger partial charge in [0.15, 0.2) is 11.5 Å². The zero-order valence-corrected chi connectivity index (χ0v) is 18.1. The van der Waals surface area contributed by atoms with Gasteiger partial charge in [0.1, 0.15) is 5.75 Å². The van der Waals surface area contributed by atoms with Gasteiger partial charge in [-0.3, -0.25) is 4.90 Å². The van der Waals surface area contributed by atoms with Crippen molar-refractivity contribution < 1.29 is 23.7 Å². The Morgan fingerprint density at radius 2 is 1.50 bits per heavy atom. The van der Waals surface area contributed by atoms with Crippen molar-refractivity contribution in [1.82, 2.24) is 4.90 Å². The Labute approximate surface area is 178 Å². The molecule has 0 aromatic heterocycles. The highest BCUT2D eigenvalue weighted by atomic mass is 16.5. The molecule has 1 saturated heterocycles. The smallest absolute Gasteiger partial charge is 0.338 e. The van der Waals surface area contributed by atoms with E-state index in [1.54, 1.807) is 27.4 Å². The lowest BCUT2D eigenvalue weighted by Crippen LogP contribution is -2.47. The fraction of sp³-hybridized carbons (Fsp3) is 0.435. The van der Waals surface area contributed by atoms with Crippen LogP contribution in [-0.4, -0.2) is 72.0 Å². The number of benzene rings is 2. The minimum atomic E-state index is -0.369. The summed E-state index contributed by atoms with van der Waals surface area (Å²) < 4.78 is 21.2. The highest BCUT2D eigenvalue weighted by Crippen LogP contribution is 2.32. The maximum atomic E-state index is 12.3. The maximum Gasteiger partial charge on any atom is 0.338 e. The lowest BCUT2D eigenvalue weighted by atomic mass is 10.0. The Morgan fingerprint density at radius 3 is 2.13 bits per heavy atom. The number of hydrogen-bond donors (Lipinski definition) is 0. The number of esters is 1. The molecule has 7 nitrogen and oxygen atoms in total. The molecule has 0 atom stereocenters. The van der Waals surface area contributed by atoms with Gasteiger partial charge in [0, 0.05) is 32.7 Å². The van der Waals surface area contributed by atoms with Crippen LogP contribution in [0.25, 0.3) is 0 Å². The first-order valence-corrected chi connectivity index (χ1v) is 10.0. The molecule has 1 aliphatic rings. The Morgan fingerprint density at radius 1 is 0.867 bits per heavy atom. The summed E-state index contributed by atoms with van der Waals surface area (Å²) in [6.45, 7) is 4.59. The number of hydrogen-bond acceptors (Lipinski definition) is 7. The van der Waals surface area contributed by atoms with E-state index in [0.29, 0.717) is 17.1 Å². The lowest BCUT2D eigenvalue weighted by Gasteiger charge is -2.36. The van der Waals surface area contributed by atoms with E-state index >= 15 is 0 Å². The topological polar surface area (TPSA) is 60.5 Å². The number of carbonyl (C=O) groups is 1. The standard InChI is InChI=1S/C23H30N2O5/c1-27-20-8-6-5-7-19(20)25-13-11-24(12-14-25)10-9-17-15-21(28-2)22(29-3)16-18(17)23(26)30-4/h5-8,15-16H,9-14H2,1-4H3. The monoisotopic (exact) mass is 414 g/mol. The van der Waals surface area contributed by atoms with Crippen LogP contribution in [0.3, 0.4) is 0 Å². The third-order valence-electron chi connectivity index (χ3n) is 5.51. The minimum Gasteiger partial charge on any atom is -0.495 e. The first-order chi connectivity index (χ1) is 14.6. The zero-order valence-electron chi connectivity index (χ0n) is 18.1. The van der Waals surface area contributed by atoms with Crippen LogP contribution >= 0.6 is 0 Å². The molecular weight excluding hydrogens is 384 g/mol. The van der Waals surface area contributed by atoms with E-state index in [1.807, 2.05) is 24.3 Å². The maximum absolute atomic E-state index is 12.3. The summed E-state index contributed by atoms with van der Waals surface area (Å²) >= 11 is 0. The fourth-order valence-electron chi connectivity index (χ4n) is 3.81. The molecule has 2 aromatic carbocycles. The summed E-state index contributed by atoms with van der Waals surface area (Å²) in [4.78, 5) is 17.0. The summed E-state index contributed by atoms with van der Waals surface area (Å²) in [5.74, 6) is 1.67. The predicted octanol–water partition coefficient (Wildman–Crippen LogP) is 2.86. The molecule has 0 aliphatic carbocycles. The number of anilines is 1. The van der Waals surface area contributed by atoms with Crippen molar-refractivity contribution in [3.8, 4) is 17.2 Å². The van der Waals surface area contributed by atoms with Crippen LogP contribution in [0.2, 0.25) is 0 Å². The molecule has 2 aromatic rings. The van der Waals surface area contributed by atoms with E-state index < -0.39 is 0 Å². The van der Waals surface area contributed by atoms with Crippen molar-refractivity contribution in [2.75, 3.05) is 66.1 Å². The number of methoxy groups -OCH3 is 4. The van der Waals surface area contributed by atoms with Gasteiger partial charge < -0.3 is 23.8 Å². The molecule has 1 fully saturated rings. The zero-order chi connectivity index (χ0) is 21.5. The lowest BCUT2D eigenvalue weighted by molar-refractivity contribution is 0.0598. The summed E-state index contributed by atoms with van der Waals surface area (Å²) in [5, 5.41) is 0. The third kappa shape index (κ3) is 4.79. The van der Waals surface area contributed by atoms with Crippen LogP contribution in [0.15, 0.2) is 36.4 Å². The minimum absolute atomic E-state index is 0.369. The number of nitrogens with zero attached hydrogens (tertiary/aromatic N) is 2. The van der Waals surface area contributed by atoms with E-state index in [9.17, 15) is 4.79 Å². The summed E-state index contributed by atoms with van der Waals surface area (Å²) in [5.41, 5.74) is 2.54. The number of piperazine rings is 1. The Bertz CT molecular complexity index is 863. The van der Waals surface area contributed by atoms with Crippen molar-refractivity contribution in [3.05, 3.63) is 47.5 Å². The van der Waals surface area contributed by atoms with Crippen LogP contribution in [0.5, 0.6) is 17.2 Å². The number of carbonyl (C=O) groups excluding carboxylic acids is 1. The first kappa shape index (κ1) is 21.8. The van der Waals surface area contributed by atoms with Gasteiger partial charge in [-0.2, -0.15) is 0 Å².